The molecule has 2 N–H and O–H groups in total. The van der Waals surface area contributed by atoms with Crippen LogP contribution >= 0.6 is 15.9 Å². The average molecular weight is 364 g/mol. The minimum absolute atomic E-state index is 0.0258. The molecule has 1 saturated heterocycles. The maximum atomic E-state index is 12.3. The Morgan fingerprint density at radius 1 is 1.35 bits per heavy atom. The van der Waals surface area contributed by atoms with Gasteiger partial charge >= 0.3 is 5.97 Å². The smallest absolute Gasteiger partial charge is 0.335 e. The van der Waals surface area contributed by atoms with Crippen LogP contribution in [0.4, 0.5) is 5.69 Å². The number of carboxylic acid groups (broad SMARTS) is 1. The first-order valence-corrected chi connectivity index (χ1v) is 8.36. The Morgan fingerprint density at radius 3 is 2.60 bits per heavy atom. The summed E-state index contributed by atoms with van der Waals surface area (Å²) in [5, 5.41) is 8.42. The van der Waals surface area contributed by atoms with Gasteiger partial charge in [0, 0.05) is 17.7 Å². The molecule has 6 nitrogen and oxygen atoms in total. The largest absolute Gasteiger partial charge is 0.478 e. The van der Waals surface area contributed by atoms with Crippen LogP contribution in [0.1, 0.15) is 23.2 Å². The van der Waals surface area contributed by atoms with E-state index >= 15 is 0 Å². The Bertz CT molecular complexity index is 610. The van der Waals surface area contributed by atoms with Crippen molar-refractivity contribution in [1.82, 2.24) is 0 Å². The third-order valence-corrected chi connectivity index (χ3v) is 5.62. The van der Waals surface area contributed by atoms with E-state index in [0.29, 0.717) is 30.5 Å². The number of carboxylic acids is 1. The molecule has 110 valence electrons. The molecular weight excluding hydrogens is 350 g/mol. The second-order valence-electron chi connectivity index (χ2n) is 4.46. The third-order valence-electron chi connectivity index (χ3n) is 3.07. The highest BCUT2D eigenvalue weighted by molar-refractivity contribution is 9.10. The second-order valence-corrected chi connectivity index (χ2v) is 7.27. The van der Waals surface area contributed by atoms with E-state index in [1.165, 1.54) is 18.2 Å². The highest BCUT2D eigenvalue weighted by Crippen LogP contribution is 2.27. The van der Waals surface area contributed by atoms with Gasteiger partial charge in [0.05, 0.1) is 16.5 Å². The first-order chi connectivity index (χ1) is 9.40. The zero-order valence-electron chi connectivity index (χ0n) is 10.5. The molecule has 8 heteroatoms. The van der Waals surface area contributed by atoms with E-state index in [0.717, 1.165) is 0 Å². The van der Waals surface area contributed by atoms with Crippen molar-refractivity contribution < 1.29 is 23.1 Å². The molecule has 0 bridgehead atoms. The lowest BCUT2D eigenvalue weighted by molar-refractivity contribution is 0.0697. The summed E-state index contributed by atoms with van der Waals surface area (Å²) in [5.41, 5.74) is 0.259. The second kappa shape index (κ2) is 6.11. The van der Waals surface area contributed by atoms with Crippen molar-refractivity contribution in [3.63, 3.8) is 0 Å². The van der Waals surface area contributed by atoms with Gasteiger partial charge in [-0.25, -0.2) is 13.2 Å². The lowest BCUT2D eigenvalue weighted by Crippen LogP contribution is -2.33. The van der Waals surface area contributed by atoms with Gasteiger partial charge in [0.1, 0.15) is 0 Å². The van der Waals surface area contributed by atoms with Crippen LogP contribution in [0.2, 0.25) is 0 Å². The number of rotatable bonds is 4. The number of sulfonamides is 1. The summed E-state index contributed by atoms with van der Waals surface area (Å²) in [7, 11) is -3.55. The predicted octanol–water partition coefficient (Wildman–Crippen LogP) is 2.07. The Hall–Kier alpha value is -1.12. The fourth-order valence-corrected chi connectivity index (χ4v) is 3.89. The van der Waals surface area contributed by atoms with Crippen molar-refractivity contribution in [3.8, 4) is 0 Å². The molecule has 1 heterocycles. The van der Waals surface area contributed by atoms with Gasteiger partial charge in [-0.3, -0.25) is 4.72 Å². The molecule has 0 unspecified atom stereocenters. The minimum Gasteiger partial charge on any atom is -0.478 e. The van der Waals surface area contributed by atoms with Gasteiger partial charge in [0.25, 0.3) is 0 Å². The number of ether oxygens (including phenoxy) is 1. The van der Waals surface area contributed by atoms with Gasteiger partial charge < -0.3 is 9.84 Å². The standard InChI is InChI=1S/C12H14BrNO5S/c13-10-2-1-8(12(15)16)7-11(10)14-20(17,18)9-3-5-19-6-4-9/h1-2,7,9,14H,3-6H2,(H,15,16). The van der Waals surface area contributed by atoms with Crippen molar-refractivity contribution in [3.05, 3.63) is 28.2 Å². The van der Waals surface area contributed by atoms with Gasteiger partial charge in [0.15, 0.2) is 0 Å². The average Bonchev–Trinajstić information content (AvgIpc) is 2.42. The zero-order valence-corrected chi connectivity index (χ0v) is 12.9. The van der Waals surface area contributed by atoms with Gasteiger partial charge in [-0.15, -0.1) is 0 Å². The molecule has 0 spiro atoms. The van der Waals surface area contributed by atoms with Crippen LogP contribution in [0.5, 0.6) is 0 Å². The van der Waals surface area contributed by atoms with Crippen LogP contribution in [0, 0.1) is 0 Å². The van der Waals surface area contributed by atoms with Crippen molar-refractivity contribution in [2.45, 2.75) is 18.1 Å². The van der Waals surface area contributed by atoms with Crippen molar-refractivity contribution in [1.29, 1.82) is 0 Å². The monoisotopic (exact) mass is 363 g/mol. The SMILES string of the molecule is O=C(O)c1ccc(Br)c(NS(=O)(=O)C2CCOCC2)c1. The maximum Gasteiger partial charge on any atom is 0.335 e. The summed E-state index contributed by atoms with van der Waals surface area (Å²) in [6, 6.07) is 4.20. The summed E-state index contributed by atoms with van der Waals surface area (Å²) in [6.45, 7) is 0.837. The van der Waals surface area contributed by atoms with Gasteiger partial charge in [-0.1, -0.05) is 0 Å². The van der Waals surface area contributed by atoms with Crippen LogP contribution in [-0.4, -0.2) is 38.0 Å². The summed E-state index contributed by atoms with van der Waals surface area (Å²) in [6.07, 6.45) is 0.872. The quantitative estimate of drug-likeness (QED) is 0.853. The molecule has 1 aliphatic rings. The fraction of sp³-hybridized carbons (Fsp3) is 0.417. The van der Waals surface area contributed by atoms with E-state index in [-0.39, 0.29) is 11.3 Å². The normalized spacial score (nSPS) is 16.9. The van der Waals surface area contributed by atoms with Gasteiger partial charge in [-0.05, 0) is 47.0 Å². The number of halogens is 1. The number of nitrogens with one attached hydrogen (secondary N) is 1. The molecule has 0 atom stereocenters. The predicted molar refractivity (Wildman–Crippen MR) is 77.5 cm³/mol. The minimum atomic E-state index is -3.55. The molecule has 0 amide bonds. The molecule has 0 aliphatic carbocycles. The molecule has 1 aromatic carbocycles. The van der Waals surface area contributed by atoms with Crippen LogP contribution in [0.25, 0.3) is 0 Å². The van der Waals surface area contributed by atoms with Crippen molar-refractivity contribution >= 4 is 37.6 Å². The van der Waals surface area contributed by atoms with Crippen LogP contribution in [0.15, 0.2) is 22.7 Å². The Balaban J connectivity index is 2.24. The first kappa shape index (κ1) is 15.3. The molecule has 1 aliphatic heterocycles. The number of hydrogen-bond acceptors (Lipinski definition) is 4. The molecule has 20 heavy (non-hydrogen) atoms. The summed E-state index contributed by atoms with van der Waals surface area (Å²) in [5.74, 6) is -1.11. The fourth-order valence-electron chi connectivity index (χ4n) is 1.96. The molecule has 2 rings (SSSR count). The summed E-state index contributed by atoms with van der Waals surface area (Å²) >= 11 is 3.21. The molecule has 0 saturated carbocycles. The van der Waals surface area contributed by atoms with E-state index in [2.05, 4.69) is 20.7 Å². The van der Waals surface area contributed by atoms with Gasteiger partial charge in [0.2, 0.25) is 10.0 Å². The van der Waals surface area contributed by atoms with E-state index in [4.69, 9.17) is 9.84 Å². The highest BCUT2D eigenvalue weighted by atomic mass is 79.9. The lowest BCUT2D eigenvalue weighted by Gasteiger charge is -2.23. The molecule has 1 fully saturated rings. The molecular formula is C12H14BrNO5S. The molecule has 0 radical (unpaired) electrons. The zero-order chi connectivity index (χ0) is 14.8. The highest BCUT2D eigenvalue weighted by Gasteiger charge is 2.28. The number of benzene rings is 1. The van der Waals surface area contributed by atoms with Crippen LogP contribution < -0.4 is 4.72 Å². The number of anilines is 1. The summed E-state index contributed by atoms with van der Waals surface area (Å²) < 4.78 is 32.6. The molecule has 0 aromatic heterocycles. The van der Waals surface area contributed by atoms with E-state index < -0.39 is 21.2 Å². The summed E-state index contributed by atoms with van der Waals surface area (Å²) in [4.78, 5) is 10.9. The van der Waals surface area contributed by atoms with Crippen molar-refractivity contribution in [2.75, 3.05) is 17.9 Å². The molecule has 1 aromatic rings. The van der Waals surface area contributed by atoms with Crippen LogP contribution in [0.3, 0.4) is 0 Å². The maximum absolute atomic E-state index is 12.3. The Labute approximate surface area is 125 Å². The topological polar surface area (TPSA) is 92.7 Å². The van der Waals surface area contributed by atoms with E-state index in [1.807, 2.05) is 0 Å². The number of carbonyl (C=O) groups is 1. The third kappa shape index (κ3) is 3.50. The van der Waals surface area contributed by atoms with E-state index in [9.17, 15) is 13.2 Å². The lowest BCUT2D eigenvalue weighted by atomic mass is 10.2. The van der Waals surface area contributed by atoms with E-state index in [1.54, 1.807) is 0 Å². The van der Waals surface area contributed by atoms with Crippen LogP contribution in [-0.2, 0) is 14.8 Å². The van der Waals surface area contributed by atoms with Crippen molar-refractivity contribution in [2.24, 2.45) is 0 Å². The number of hydrogen-bond donors (Lipinski definition) is 2. The Kier molecular flexibility index (Phi) is 4.66. The van der Waals surface area contributed by atoms with Gasteiger partial charge in [-0.2, -0.15) is 0 Å². The number of aromatic carboxylic acids is 1. The first-order valence-electron chi connectivity index (χ1n) is 6.02. The Morgan fingerprint density at radius 2 is 2.00 bits per heavy atom.